The monoisotopic (exact) mass is 379 g/mol. The third-order valence-corrected chi connectivity index (χ3v) is 4.29. The molecule has 0 radical (unpaired) electrons. The number of carbonyl (C=O) groups excluding carboxylic acids is 1. The van der Waals surface area contributed by atoms with Crippen molar-refractivity contribution in [2.45, 2.75) is 13.0 Å². The molecule has 0 spiro atoms. The van der Waals surface area contributed by atoms with E-state index in [0.717, 1.165) is 18.5 Å². The van der Waals surface area contributed by atoms with Crippen molar-refractivity contribution in [3.05, 3.63) is 89.4 Å². The zero-order valence-corrected chi connectivity index (χ0v) is 15.6. The highest BCUT2D eigenvalue weighted by atomic mass is 19.1. The summed E-state index contributed by atoms with van der Waals surface area (Å²) in [4.78, 5) is 17.3. The van der Waals surface area contributed by atoms with E-state index in [1.165, 1.54) is 17.8 Å². The summed E-state index contributed by atoms with van der Waals surface area (Å²) in [5, 5.41) is 0. The number of aromatic nitrogens is 1. The molecule has 1 amide bonds. The van der Waals surface area contributed by atoms with Crippen LogP contribution >= 0.6 is 0 Å². The molecule has 0 saturated heterocycles. The second-order valence-electron chi connectivity index (χ2n) is 6.61. The smallest absolute Gasteiger partial charge is 0.250 e. The average molecular weight is 379 g/mol. The predicted octanol–water partition coefficient (Wildman–Crippen LogP) is 3.79. The maximum Gasteiger partial charge on any atom is 0.250 e. The number of primary amides is 1. The Balaban J connectivity index is 1.50. The molecule has 144 valence electrons. The predicted molar refractivity (Wildman–Crippen MR) is 106 cm³/mol. The van der Waals surface area contributed by atoms with Gasteiger partial charge in [-0.2, -0.15) is 0 Å². The molecule has 0 atom stereocenters. The van der Waals surface area contributed by atoms with Gasteiger partial charge in [0, 0.05) is 25.4 Å². The molecule has 6 heteroatoms. The minimum Gasteiger partial charge on any atom is -0.439 e. The van der Waals surface area contributed by atoms with Crippen LogP contribution in [0.25, 0.3) is 0 Å². The quantitative estimate of drug-likeness (QED) is 0.647. The van der Waals surface area contributed by atoms with Gasteiger partial charge in [0.2, 0.25) is 11.8 Å². The largest absolute Gasteiger partial charge is 0.439 e. The molecule has 1 aromatic heterocycles. The minimum atomic E-state index is -0.522. The van der Waals surface area contributed by atoms with Gasteiger partial charge < -0.3 is 15.4 Å². The van der Waals surface area contributed by atoms with Gasteiger partial charge in [-0.15, -0.1) is 0 Å². The molecule has 5 nitrogen and oxygen atoms in total. The number of ether oxygens (including phenoxy) is 1. The number of hydrogen-bond acceptors (Lipinski definition) is 4. The number of hydrogen-bond donors (Lipinski definition) is 1. The molecule has 0 saturated carbocycles. The van der Waals surface area contributed by atoms with E-state index in [4.69, 9.17) is 10.5 Å². The average Bonchev–Trinajstić information content (AvgIpc) is 2.68. The Morgan fingerprint density at radius 2 is 1.89 bits per heavy atom. The zero-order valence-electron chi connectivity index (χ0n) is 15.6. The zero-order chi connectivity index (χ0) is 19.9. The summed E-state index contributed by atoms with van der Waals surface area (Å²) in [6.07, 6.45) is 2.26. The number of pyridine rings is 1. The van der Waals surface area contributed by atoms with Crippen molar-refractivity contribution in [3.63, 3.8) is 0 Å². The lowest BCUT2D eigenvalue weighted by atomic mass is 10.1. The molecular weight excluding hydrogens is 357 g/mol. The first kappa shape index (κ1) is 19.5. The van der Waals surface area contributed by atoms with E-state index >= 15 is 0 Å². The van der Waals surface area contributed by atoms with Gasteiger partial charge in [0.15, 0.2) is 0 Å². The first-order valence-corrected chi connectivity index (χ1v) is 8.95. The van der Waals surface area contributed by atoms with Crippen LogP contribution in [0.15, 0.2) is 66.9 Å². The van der Waals surface area contributed by atoms with Crippen LogP contribution < -0.4 is 10.5 Å². The van der Waals surface area contributed by atoms with E-state index in [-0.39, 0.29) is 5.82 Å². The Morgan fingerprint density at radius 1 is 1.11 bits per heavy atom. The topological polar surface area (TPSA) is 68.5 Å². The summed E-state index contributed by atoms with van der Waals surface area (Å²) >= 11 is 0. The third-order valence-electron chi connectivity index (χ3n) is 4.29. The Labute approximate surface area is 163 Å². The van der Waals surface area contributed by atoms with Crippen LogP contribution in [0, 0.1) is 5.82 Å². The first-order chi connectivity index (χ1) is 13.5. The molecule has 0 aliphatic rings. The SMILES string of the molecule is CN(CCc1ccc(Oc2ccc(C(N)=O)cn2)cc1)Cc1cccc(F)c1. The Hall–Kier alpha value is -3.25. The van der Waals surface area contributed by atoms with Gasteiger partial charge in [0.05, 0.1) is 5.56 Å². The van der Waals surface area contributed by atoms with E-state index in [1.807, 2.05) is 37.4 Å². The number of amides is 1. The fraction of sp³-hybridized carbons (Fsp3) is 0.182. The summed E-state index contributed by atoms with van der Waals surface area (Å²) in [5.41, 5.74) is 7.67. The number of rotatable bonds is 8. The summed E-state index contributed by atoms with van der Waals surface area (Å²) in [7, 11) is 2.02. The number of nitrogens with zero attached hydrogens (tertiary/aromatic N) is 2. The van der Waals surface area contributed by atoms with Crippen molar-refractivity contribution < 1.29 is 13.9 Å². The van der Waals surface area contributed by atoms with Crippen molar-refractivity contribution >= 4 is 5.91 Å². The van der Waals surface area contributed by atoms with E-state index in [0.29, 0.717) is 23.7 Å². The summed E-state index contributed by atoms with van der Waals surface area (Å²) < 4.78 is 18.9. The second-order valence-corrected chi connectivity index (χ2v) is 6.61. The third kappa shape index (κ3) is 5.62. The molecule has 0 aliphatic carbocycles. The molecule has 1 heterocycles. The van der Waals surface area contributed by atoms with Crippen LogP contribution in [0.2, 0.25) is 0 Å². The number of carbonyl (C=O) groups is 1. The van der Waals surface area contributed by atoms with Crippen molar-refractivity contribution in [2.24, 2.45) is 5.73 Å². The normalized spacial score (nSPS) is 10.8. The van der Waals surface area contributed by atoms with Gasteiger partial charge in [-0.3, -0.25) is 4.79 Å². The molecule has 0 aliphatic heterocycles. The second kappa shape index (κ2) is 9.10. The van der Waals surface area contributed by atoms with Crippen molar-refractivity contribution in [1.29, 1.82) is 0 Å². The van der Waals surface area contributed by atoms with Gasteiger partial charge in [-0.05, 0) is 54.9 Å². The maximum absolute atomic E-state index is 13.3. The Morgan fingerprint density at radius 3 is 2.54 bits per heavy atom. The van der Waals surface area contributed by atoms with Gasteiger partial charge in [-0.25, -0.2) is 9.37 Å². The summed E-state index contributed by atoms with van der Waals surface area (Å²) in [6, 6.07) is 17.6. The fourth-order valence-corrected chi connectivity index (χ4v) is 2.78. The Bertz CT molecular complexity index is 927. The molecule has 2 aromatic carbocycles. The highest BCUT2D eigenvalue weighted by Crippen LogP contribution is 2.20. The van der Waals surface area contributed by atoms with Gasteiger partial charge >= 0.3 is 0 Å². The van der Waals surface area contributed by atoms with Crippen LogP contribution in [0.4, 0.5) is 4.39 Å². The van der Waals surface area contributed by atoms with E-state index in [1.54, 1.807) is 24.3 Å². The van der Waals surface area contributed by atoms with E-state index in [2.05, 4.69) is 9.88 Å². The van der Waals surface area contributed by atoms with Crippen LogP contribution in [-0.4, -0.2) is 29.4 Å². The molecule has 0 unspecified atom stereocenters. The van der Waals surface area contributed by atoms with Gasteiger partial charge in [0.25, 0.3) is 0 Å². The number of nitrogens with two attached hydrogens (primary N) is 1. The minimum absolute atomic E-state index is 0.208. The first-order valence-electron chi connectivity index (χ1n) is 8.95. The van der Waals surface area contributed by atoms with Crippen LogP contribution in [-0.2, 0) is 13.0 Å². The van der Waals surface area contributed by atoms with E-state index < -0.39 is 5.91 Å². The maximum atomic E-state index is 13.3. The van der Waals surface area contributed by atoms with Crippen molar-refractivity contribution in [2.75, 3.05) is 13.6 Å². The number of halogens is 1. The van der Waals surface area contributed by atoms with Crippen LogP contribution in [0.1, 0.15) is 21.5 Å². The lowest BCUT2D eigenvalue weighted by molar-refractivity contribution is 0.1000. The molecule has 28 heavy (non-hydrogen) atoms. The highest BCUT2D eigenvalue weighted by molar-refractivity contribution is 5.92. The molecule has 3 rings (SSSR count). The van der Waals surface area contributed by atoms with Gasteiger partial charge in [0.1, 0.15) is 11.6 Å². The molecule has 0 fully saturated rings. The van der Waals surface area contributed by atoms with Gasteiger partial charge in [-0.1, -0.05) is 24.3 Å². The number of likely N-dealkylation sites (N-methyl/N-ethyl adjacent to an activating group) is 1. The van der Waals surface area contributed by atoms with Crippen molar-refractivity contribution in [3.8, 4) is 11.6 Å². The summed E-state index contributed by atoms with van der Waals surface area (Å²) in [5.74, 6) is 0.329. The molecule has 2 N–H and O–H groups in total. The fourth-order valence-electron chi connectivity index (χ4n) is 2.78. The van der Waals surface area contributed by atoms with Crippen molar-refractivity contribution in [1.82, 2.24) is 9.88 Å². The molecular formula is C22H22FN3O2. The number of benzene rings is 2. The standard InChI is InChI=1S/C22H22FN3O2/c1-26(15-17-3-2-4-19(23)13-17)12-11-16-5-8-20(9-6-16)28-21-10-7-18(14-25-21)22(24)27/h2-10,13-14H,11-12,15H2,1H3,(H2,24,27). The lowest BCUT2D eigenvalue weighted by Gasteiger charge is -2.17. The lowest BCUT2D eigenvalue weighted by Crippen LogP contribution is -2.20. The summed E-state index contributed by atoms with van der Waals surface area (Å²) in [6.45, 7) is 1.55. The highest BCUT2D eigenvalue weighted by Gasteiger charge is 2.05. The van der Waals surface area contributed by atoms with Crippen LogP contribution in [0.3, 0.4) is 0 Å². The molecule has 0 bridgehead atoms. The Kier molecular flexibility index (Phi) is 6.34. The molecule has 3 aromatic rings. The van der Waals surface area contributed by atoms with E-state index in [9.17, 15) is 9.18 Å². The van der Waals surface area contributed by atoms with Crippen LogP contribution in [0.5, 0.6) is 11.6 Å².